The predicted molar refractivity (Wildman–Crippen MR) is 93.3 cm³/mol. The molecule has 146 valence electrons. The van der Waals surface area contributed by atoms with Crippen molar-refractivity contribution in [3.05, 3.63) is 63.0 Å². The number of halogens is 2. The van der Waals surface area contributed by atoms with Crippen molar-refractivity contribution in [2.24, 2.45) is 5.73 Å². The highest BCUT2D eigenvalue weighted by Gasteiger charge is 2.37. The topological polar surface area (TPSA) is 108 Å². The maximum Gasteiger partial charge on any atom is 0.387 e. The van der Waals surface area contributed by atoms with Gasteiger partial charge >= 0.3 is 12.2 Å². The second-order valence-corrected chi connectivity index (χ2v) is 5.83. The molecule has 1 aromatic carbocycles. The SMILES string of the molecule is CCOc1cccc(C2C(C#N)=C(N)Oc3cc(C)oc(=O)c32)c1OC(F)F. The molecule has 0 fully saturated rings. The Bertz CT molecular complexity index is 1040. The summed E-state index contributed by atoms with van der Waals surface area (Å²) < 4.78 is 46.8. The Kier molecular flexibility index (Phi) is 5.22. The molecule has 1 aromatic heterocycles. The van der Waals surface area contributed by atoms with Gasteiger partial charge in [0.05, 0.1) is 18.1 Å². The van der Waals surface area contributed by atoms with Crippen LogP contribution in [-0.4, -0.2) is 13.2 Å². The second-order valence-electron chi connectivity index (χ2n) is 5.83. The van der Waals surface area contributed by atoms with Crippen LogP contribution in [0, 0.1) is 18.3 Å². The van der Waals surface area contributed by atoms with Gasteiger partial charge in [-0.25, -0.2) is 4.79 Å². The normalized spacial score (nSPS) is 15.6. The zero-order valence-electron chi connectivity index (χ0n) is 15.0. The Balaban J connectivity index is 2.33. The van der Waals surface area contributed by atoms with Crippen LogP contribution in [0.25, 0.3) is 0 Å². The van der Waals surface area contributed by atoms with E-state index in [2.05, 4.69) is 4.74 Å². The van der Waals surface area contributed by atoms with E-state index in [1.54, 1.807) is 13.8 Å². The molecular formula is C19H16F2N2O5. The molecule has 0 spiro atoms. The molecule has 0 aliphatic carbocycles. The van der Waals surface area contributed by atoms with Gasteiger partial charge in [-0.1, -0.05) is 12.1 Å². The number of allylic oxidation sites excluding steroid dienone is 1. The molecule has 1 unspecified atom stereocenters. The molecule has 1 atom stereocenters. The Morgan fingerprint density at radius 2 is 2.14 bits per heavy atom. The number of benzene rings is 1. The third-order valence-corrected chi connectivity index (χ3v) is 4.08. The number of nitrogens with two attached hydrogens (primary N) is 1. The van der Waals surface area contributed by atoms with E-state index in [4.69, 9.17) is 19.6 Å². The number of rotatable bonds is 5. The summed E-state index contributed by atoms with van der Waals surface area (Å²) >= 11 is 0. The Morgan fingerprint density at radius 1 is 1.39 bits per heavy atom. The van der Waals surface area contributed by atoms with Crippen LogP contribution in [0.5, 0.6) is 17.2 Å². The van der Waals surface area contributed by atoms with Crippen LogP contribution >= 0.6 is 0 Å². The molecule has 0 saturated carbocycles. The average Bonchev–Trinajstić information content (AvgIpc) is 2.61. The number of alkyl halides is 2. The summed E-state index contributed by atoms with van der Waals surface area (Å²) in [6.07, 6.45) is 0. The van der Waals surface area contributed by atoms with Crippen LogP contribution in [0.3, 0.4) is 0 Å². The highest BCUT2D eigenvalue weighted by molar-refractivity contribution is 5.60. The van der Waals surface area contributed by atoms with Gasteiger partial charge in [0.25, 0.3) is 0 Å². The summed E-state index contributed by atoms with van der Waals surface area (Å²) in [7, 11) is 0. The Labute approximate surface area is 158 Å². The summed E-state index contributed by atoms with van der Waals surface area (Å²) in [6, 6.07) is 7.75. The Morgan fingerprint density at radius 3 is 2.79 bits per heavy atom. The molecule has 0 radical (unpaired) electrons. The lowest BCUT2D eigenvalue weighted by atomic mass is 9.83. The summed E-state index contributed by atoms with van der Waals surface area (Å²) in [5, 5.41) is 9.59. The summed E-state index contributed by atoms with van der Waals surface area (Å²) in [6.45, 7) is 0.262. The lowest BCUT2D eigenvalue weighted by Crippen LogP contribution is -2.27. The highest BCUT2D eigenvalue weighted by atomic mass is 19.3. The number of hydrogen-bond acceptors (Lipinski definition) is 7. The zero-order chi connectivity index (χ0) is 20.4. The lowest BCUT2D eigenvalue weighted by Gasteiger charge is -2.27. The Hall–Kier alpha value is -3.54. The maximum atomic E-state index is 13.1. The first-order valence-electron chi connectivity index (χ1n) is 8.30. The van der Waals surface area contributed by atoms with Crippen molar-refractivity contribution >= 4 is 0 Å². The first-order chi connectivity index (χ1) is 13.4. The largest absolute Gasteiger partial charge is 0.490 e. The molecule has 0 bridgehead atoms. The van der Waals surface area contributed by atoms with Crippen molar-refractivity contribution in [2.75, 3.05) is 6.61 Å². The predicted octanol–water partition coefficient (Wildman–Crippen LogP) is 3.17. The lowest BCUT2D eigenvalue weighted by molar-refractivity contribution is -0.0521. The monoisotopic (exact) mass is 390 g/mol. The number of fused-ring (bicyclic) bond motifs is 1. The third-order valence-electron chi connectivity index (χ3n) is 4.08. The van der Waals surface area contributed by atoms with Crippen LogP contribution in [0.2, 0.25) is 0 Å². The highest BCUT2D eigenvalue weighted by Crippen LogP contribution is 2.46. The van der Waals surface area contributed by atoms with Gasteiger partial charge in [-0.2, -0.15) is 14.0 Å². The van der Waals surface area contributed by atoms with E-state index in [1.165, 1.54) is 24.3 Å². The molecule has 0 saturated heterocycles. The quantitative estimate of drug-likeness (QED) is 0.835. The minimum Gasteiger partial charge on any atom is -0.490 e. The van der Waals surface area contributed by atoms with E-state index in [0.717, 1.165) is 0 Å². The van der Waals surface area contributed by atoms with Crippen LogP contribution in [0.1, 0.15) is 29.7 Å². The fraction of sp³-hybridized carbons (Fsp3) is 0.263. The number of aryl methyl sites for hydroxylation is 1. The van der Waals surface area contributed by atoms with Gasteiger partial charge in [-0.05, 0) is 19.9 Å². The van der Waals surface area contributed by atoms with Crippen molar-refractivity contribution in [3.8, 4) is 23.3 Å². The smallest absolute Gasteiger partial charge is 0.387 e. The van der Waals surface area contributed by atoms with Gasteiger partial charge < -0.3 is 24.4 Å². The standard InChI is InChI=1S/C19H16F2N2O5/c1-3-25-12-6-4-5-10(16(12)28-19(20)21)14-11(8-22)17(23)27-13-7-9(2)26-18(24)15(13)14/h4-7,14,19H,3,23H2,1-2H3. The molecule has 7 nitrogen and oxygen atoms in total. The van der Waals surface area contributed by atoms with Gasteiger partial charge in [0.15, 0.2) is 11.5 Å². The van der Waals surface area contributed by atoms with Gasteiger partial charge in [0, 0.05) is 11.6 Å². The molecule has 1 aliphatic heterocycles. The van der Waals surface area contributed by atoms with E-state index < -0.39 is 18.2 Å². The van der Waals surface area contributed by atoms with Gasteiger partial charge in [-0.3, -0.25) is 0 Å². The number of nitriles is 1. The maximum absolute atomic E-state index is 13.1. The molecule has 1 aliphatic rings. The van der Waals surface area contributed by atoms with Crippen molar-refractivity contribution in [1.82, 2.24) is 0 Å². The average molecular weight is 390 g/mol. The van der Waals surface area contributed by atoms with Gasteiger partial charge in [0.1, 0.15) is 23.2 Å². The van der Waals surface area contributed by atoms with Crippen molar-refractivity contribution in [3.63, 3.8) is 0 Å². The van der Waals surface area contributed by atoms with E-state index >= 15 is 0 Å². The minimum atomic E-state index is -3.15. The molecular weight excluding hydrogens is 374 g/mol. The van der Waals surface area contributed by atoms with Crippen LogP contribution in [0.15, 0.2) is 44.9 Å². The van der Waals surface area contributed by atoms with E-state index in [-0.39, 0.29) is 52.2 Å². The third kappa shape index (κ3) is 3.36. The molecule has 2 aromatic rings. The van der Waals surface area contributed by atoms with Crippen molar-refractivity contribution in [1.29, 1.82) is 5.26 Å². The van der Waals surface area contributed by atoms with Crippen LogP contribution in [0.4, 0.5) is 8.78 Å². The molecule has 3 rings (SSSR count). The molecule has 2 N–H and O–H groups in total. The van der Waals surface area contributed by atoms with Gasteiger partial charge in [-0.15, -0.1) is 0 Å². The van der Waals surface area contributed by atoms with Gasteiger partial charge in [0.2, 0.25) is 5.88 Å². The molecule has 2 heterocycles. The van der Waals surface area contributed by atoms with Crippen LogP contribution < -0.4 is 25.6 Å². The van der Waals surface area contributed by atoms with Crippen LogP contribution in [-0.2, 0) is 0 Å². The molecule has 0 amide bonds. The van der Waals surface area contributed by atoms with Crippen molar-refractivity contribution in [2.45, 2.75) is 26.4 Å². The zero-order valence-corrected chi connectivity index (χ0v) is 15.0. The summed E-state index contributed by atoms with van der Waals surface area (Å²) in [4.78, 5) is 12.5. The fourth-order valence-corrected chi connectivity index (χ4v) is 3.07. The second kappa shape index (κ2) is 7.60. The molecule has 28 heavy (non-hydrogen) atoms. The van der Waals surface area contributed by atoms with E-state index in [9.17, 15) is 18.8 Å². The number of hydrogen-bond donors (Lipinski definition) is 1. The summed E-state index contributed by atoms with van der Waals surface area (Å²) in [5.74, 6) is -1.27. The first kappa shape index (κ1) is 19.2. The molecule has 9 heteroatoms. The fourth-order valence-electron chi connectivity index (χ4n) is 3.07. The van der Waals surface area contributed by atoms with Crippen molar-refractivity contribution < 1.29 is 27.4 Å². The minimum absolute atomic E-state index is 0.0379. The first-order valence-corrected chi connectivity index (χ1v) is 8.30. The number of nitrogens with zero attached hydrogens (tertiary/aromatic N) is 1. The van der Waals surface area contributed by atoms with E-state index in [1.807, 2.05) is 6.07 Å². The number of para-hydroxylation sites is 1. The number of ether oxygens (including phenoxy) is 3. The van der Waals surface area contributed by atoms with E-state index in [0.29, 0.717) is 0 Å². The summed E-state index contributed by atoms with van der Waals surface area (Å²) in [5.41, 5.74) is 5.03.